The van der Waals surface area contributed by atoms with E-state index in [4.69, 9.17) is 4.74 Å². The summed E-state index contributed by atoms with van der Waals surface area (Å²) in [5.74, 6) is 0.406. The van der Waals surface area contributed by atoms with E-state index < -0.39 is 5.60 Å². The van der Waals surface area contributed by atoms with Crippen molar-refractivity contribution in [2.24, 2.45) is 5.92 Å². The smallest absolute Gasteiger partial charge is 0.306 e. The molecule has 0 saturated carbocycles. The van der Waals surface area contributed by atoms with Crippen LogP contribution in [0.2, 0.25) is 0 Å². The average molecular weight is 278 g/mol. The molecule has 0 fully saturated rings. The van der Waals surface area contributed by atoms with Gasteiger partial charge in [-0.05, 0) is 46.0 Å². The zero-order valence-electron chi connectivity index (χ0n) is 13.5. The molecule has 0 amide bonds. The van der Waals surface area contributed by atoms with Crippen molar-refractivity contribution in [1.82, 2.24) is 0 Å². The van der Waals surface area contributed by atoms with E-state index >= 15 is 0 Å². The number of carbonyl (C=O) groups excluding carboxylic acids is 1. The predicted molar refractivity (Wildman–Crippen MR) is 86.6 cm³/mol. The third kappa shape index (κ3) is 9.60. The summed E-state index contributed by atoms with van der Waals surface area (Å²) in [5, 5.41) is 0. The molecule has 1 atom stereocenters. The number of esters is 1. The molecule has 0 aliphatic rings. The van der Waals surface area contributed by atoms with Gasteiger partial charge in [0.1, 0.15) is 5.60 Å². The molecule has 0 bridgehead atoms. The molecule has 0 aromatic carbocycles. The maximum Gasteiger partial charge on any atom is 0.306 e. The van der Waals surface area contributed by atoms with E-state index in [1.807, 2.05) is 33.8 Å². The Kier molecular flexibility index (Phi) is 9.79. The maximum absolute atomic E-state index is 11.3. The van der Waals surface area contributed by atoms with Gasteiger partial charge < -0.3 is 4.74 Å². The summed E-state index contributed by atoms with van der Waals surface area (Å²) in [6.45, 7) is 11.6. The van der Waals surface area contributed by atoms with Crippen molar-refractivity contribution in [3.8, 4) is 0 Å². The second kappa shape index (κ2) is 10.5. The molecule has 2 heteroatoms. The highest BCUT2D eigenvalue weighted by molar-refractivity contribution is 5.69. The fourth-order valence-electron chi connectivity index (χ4n) is 1.86. The van der Waals surface area contributed by atoms with E-state index in [9.17, 15) is 4.79 Å². The molecule has 0 rings (SSSR count). The first kappa shape index (κ1) is 18.7. The highest BCUT2D eigenvalue weighted by Crippen LogP contribution is 2.18. The largest absolute Gasteiger partial charge is 0.459 e. The molecule has 0 aromatic heterocycles. The molecule has 0 aliphatic heterocycles. The van der Waals surface area contributed by atoms with E-state index in [-0.39, 0.29) is 5.97 Å². The van der Waals surface area contributed by atoms with Crippen molar-refractivity contribution in [3.63, 3.8) is 0 Å². The molecule has 114 valence electrons. The van der Waals surface area contributed by atoms with Crippen molar-refractivity contribution in [2.75, 3.05) is 0 Å². The lowest BCUT2D eigenvalue weighted by atomic mass is 9.98. The van der Waals surface area contributed by atoms with E-state index in [1.165, 1.54) is 0 Å². The third-order valence-electron chi connectivity index (χ3n) is 3.17. The minimum atomic E-state index is -0.410. The van der Waals surface area contributed by atoms with Crippen LogP contribution in [-0.4, -0.2) is 11.6 Å². The van der Waals surface area contributed by atoms with Gasteiger partial charge in [-0.1, -0.05) is 37.3 Å². The van der Waals surface area contributed by atoms with E-state index in [1.54, 1.807) is 0 Å². The Morgan fingerprint density at radius 1 is 1.30 bits per heavy atom. The zero-order chi connectivity index (χ0) is 15.4. The Morgan fingerprint density at radius 2 is 2.00 bits per heavy atom. The fraction of sp³-hybridized carbons (Fsp3) is 0.611. The second-order valence-electron chi connectivity index (χ2n) is 5.64. The highest BCUT2D eigenvalue weighted by atomic mass is 16.6. The molecular weight excluding hydrogens is 248 g/mol. The topological polar surface area (TPSA) is 26.3 Å². The highest BCUT2D eigenvalue weighted by Gasteiger charge is 2.20. The molecule has 2 nitrogen and oxygen atoms in total. The quantitative estimate of drug-likeness (QED) is 0.405. The first-order valence-corrected chi connectivity index (χ1v) is 7.55. The number of allylic oxidation sites excluding steroid dienone is 4. The van der Waals surface area contributed by atoms with Crippen LogP contribution in [0.25, 0.3) is 0 Å². The van der Waals surface area contributed by atoms with Gasteiger partial charge in [0.25, 0.3) is 0 Å². The van der Waals surface area contributed by atoms with Gasteiger partial charge >= 0.3 is 5.97 Å². The summed E-state index contributed by atoms with van der Waals surface area (Å²) in [4.78, 5) is 11.3. The van der Waals surface area contributed by atoms with Crippen LogP contribution in [0.3, 0.4) is 0 Å². The van der Waals surface area contributed by atoms with Crippen LogP contribution in [0.1, 0.15) is 59.8 Å². The molecular formula is C18H30O2. The Hall–Kier alpha value is -1.31. The fourth-order valence-corrected chi connectivity index (χ4v) is 1.86. The molecule has 0 heterocycles. The Morgan fingerprint density at radius 3 is 2.55 bits per heavy atom. The van der Waals surface area contributed by atoms with Gasteiger partial charge in [0.05, 0.1) is 0 Å². The van der Waals surface area contributed by atoms with Crippen LogP contribution in [-0.2, 0) is 9.53 Å². The molecule has 0 N–H and O–H groups in total. The van der Waals surface area contributed by atoms with E-state index in [0.717, 1.165) is 25.7 Å². The number of ether oxygens (including phenoxy) is 1. The van der Waals surface area contributed by atoms with Crippen LogP contribution in [0.4, 0.5) is 0 Å². The maximum atomic E-state index is 11.3. The van der Waals surface area contributed by atoms with Gasteiger partial charge in [-0.3, -0.25) is 4.79 Å². The van der Waals surface area contributed by atoms with Gasteiger partial charge in [0.2, 0.25) is 0 Å². The molecule has 0 radical (unpaired) electrons. The van der Waals surface area contributed by atoms with E-state index in [0.29, 0.717) is 12.3 Å². The van der Waals surface area contributed by atoms with Crippen molar-refractivity contribution in [2.45, 2.75) is 65.4 Å². The molecule has 0 aliphatic carbocycles. The lowest BCUT2D eigenvalue weighted by Crippen LogP contribution is -2.26. The summed E-state index contributed by atoms with van der Waals surface area (Å²) in [6, 6.07) is 0. The molecule has 1 unspecified atom stereocenters. The molecule has 20 heavy (non-hydrogen) atoms. The normalized spacial score (nSPS) is 13.8. The van der Waals surface area contributed by atoms with Crippen molar-refractivity contribution in [1.29, 1.82) is 0 Å². The molecule has 0 aromatic rings. The second-order valence-corrected chi connectivity index (χ2v) is 5.64. The summed E-state index contributed by atoms with van der Waals surface area (Å²) in [7, 11) is 0. The third-order valence-corrected chi connectivity index (χ3v) is 3.17. The van der Waals surface area contributed by atoms with Crippen LogP contribution >= 0.6 is 0 Å². The van der Waals surface area contributed by atoms with Crippen LogP contribution in [0, 0.1) is 5.92 Å². The minimum absolute atomic E-state index is 0.138. The Balaban J connectivity index is 4.00. The average Bonchev–Trinajstić information content (AvgIpc) is 2.41. The van der Waals surface area contributed by atoms with Gasteiger partial charge in [0, 0.05) is 12.8 Å². The Bertz CT molecular complexity index is 337. The first-order chi connectivity index (χ1) is 9.45. The lowest BCUT2D eigenvalue weighted by molar-refractivity contribution is -0.155. The van der Waals surface area contributed by atoms with Crippen molar-refractivity contribution < 1.29 is 9.53 Å². The number of hydrogen-bond acceptors (Lipinski definition) is 2. The summed E-state index contributed by atoms with van der Waals surface area (Å²) >= 11 is 0. The first-order valence-electron chi connectivity index (χ1n) is 7.55. The number of carbonyl (C=O) groups is 1. The van der Waals surface area contributed by atoms with Crippen molar-refractivity contribution in [3.05, 3.63) is 37.0 Å². The lowest BCUT2D eigenvalue weighted by Gasteiger charge is -2.23. The Labute approximate surface area is 124 Å². The van der Waals surface area contributed by atoms with Crippen LogP contribution in [0.15, 0.2) is 37.0 Å². The van der Waals surface area contributed by atoms with Gasteiger partial charge in [-0.15, -0.1) is 6.58 Å². The van der Waals surface area contributed by atoms with Gasteiger partial charge in [-0.2, -0.15) is 0 Å². The monoisotopic (exact) mass is 278 g/mol. The standard InChI is InChI=1S/C18H30O2/c1-6-9-13-16(7-2)14-11-10-12-15-18(4,5)20-17(19)8-3/h6-7,9-10,12,16H,2,8,11,13-15H2,1,3-5H3/b9-6-,12-10+. The number of hydrogen-bond donors (Lipinski definition) is 0. The summed E-state index contributed by atoms with van der Waals surface area (Å²) < 4.78 is 5.37. The van der Waals surface area contributed by atoms with Gasteiger partial charge in [0.15, 0.2) is 0 Å². The minimum Gasteiger partial charge on any atom is -0.459 e. The van der Waals surface area contributed by atoms with Crippen LogP contribution < -0.4 is 0 Å². The predicted octanol–water partition coefficient (Wildman–Crippen LogP) is 5.21. The SMILES string of the molecule is C=CC(C/C=C\C)CC/C=C/CC(C)(C)OC(=O)CC. The number of rotatable bonds is 10. The molecule has 0 saturated heterocycles. The zero-order valence-corrected chi connectivity index (χ0v) is 13.5. The summed E-state index contributed by atoms with van der Waals surface area (Å²) in [5.41, 5.74) is -0.410. The molecule has 0 spiro atoms. The van der Waals surface area contributed by atoms with E-state index in [2.05, 4.69) is 30.9 Å². The van der Waals surface area contributed by atoms with Gasteiger partial charge in [-0.25, -0.2) is 0 Å². The van der Waals surface area contributed by atoms with Crippen LogP contribution in [0.5, 0.6) is 0 Å². The van der Waals surface area contributed by atoms with Crippen molar-refractivity contribution >= 4 is 5.97 Å². The summed E-state index contributed by atoms with van der Waals surface area (Å²) in [6.07, 6.45) is 15.0.